The van der Waals surface area contributed by atoms with Crippen molar-refractivity contribution in [3.05, 3.63) is 144 Å². The molecular weight excluding hydrogens is 618 g/mol. The molecule has 4 aromatic carbocycles. The standard InChI is InChI=1S/C37H30ClN3O4S/c1-4-45-36(43)32-22(2)39-37-41(34(32)33-28-11-6-5-9-24(28)15-18-30(33)44-3)35(42)31(46-37)19-25-21-40(29-12-8-7-10-27(25)29)20-23-13-16-26(38)17-14-23/h5-19,21,34H,4,20H2,1-3H3/b31-19+/t34-/m0/s1. The van der Waals surface area contributed by atoms with E-state index in [1.165, 1.54) is 11.3 Å². The van der Waals surface area contributed by atoms with Crippen LogP contribution in [-0.2, 0) is 16.1 Å². The van der Waals surface area contributed by atoms with Crippen LogP contribution >= 0.6 is 22.9 Å². The number of methoxy groups -OCH3 is 1. The van der Waals surface area contributed by atoms with Crippen LogP contribution in [0.5, 0.6) is 5.75 Å². The second kappa shape index (κ2) is 12.1. The molecule has 230 valence electrons. The third-order valence-electron chi connectivity index (χ3n) is 8.31. The zero-order valence-electron chi connectivity index (χ0n) is 25.5. The maximum absolute atomic E-state index is 14.5. The Bertz CT molecular complexity index is 2370. The first-order valence-electron chi connectivity index (χ1n) is 15.0. The number of esters is 1. The van der Waals surface area contributed by atoms with E-state index in [4.69, 9.17) is 26.1 Å². The fourth-order valence-electron chi connectivity index (χ4n) is 6.25. The predicted octanol–water partition coefficient (Wildman–Crippen LogP) is 6.62. The molecule has 1 aliphatic heterocycles. The smallest absolute Gasteiger partial charge is 0.338 e. The lowest BCUT2D eigenvalue weighted by Crippen LogP contribution is -2.40. The lowest BCUT2D eigenvalue weighted by Gasteiger charge is -2.27. The first-order chi connectivity index (χ1) is 22.4. The van der Waals surface area contributed by atoms with E-state index in [0.717, 1.165) is 32.8 Å². The number of carbonyl (C=O) groups excluding carboxylic acids is 1. The van der Waals surface area contributed by atoms with Crippen LogP contribution in [0.1, 0.15) is 36.6 Å². The topological polar surface area (TPSA) is 74.8 Å². The molecule has 0 amide bonds. The van der Waals surface area contributed by atoms with Crippen LogP contribution in [0.4, 0.5) is 0 Å². The second-order valence-electron chi connectivity index (χ2n) is 11.1. The largest absolute Gasteiger partial charge is 0.496 e. The van der Waals surface area contributed by atoms with Gasteiger partial charge in [0.15, 0.2) is 4.80 Å². The highest BCUT2D eigenvalue weighted by Gasteiger charge is 2.36. The lowest BCUT2D eigenvalue weighted by molar-refractivity contribution is -0.139. The summed E-state index contributed by atoms with van der Waals surface area (Å²) in [6, 6.07) is 26.9. The zero-order chi connectivity index (χ0) is 31.9. The van der Waals surface area contributed by atoms with Gasteiger partial charge in [-0.15, -0.1) is 0 Å². The number of fused-ring (bicyclic) bond motifs is 3. The van der Waals surface area contributed by atoms with Crippen molar-refractivity contribution in [2.45, 2.75) is 26.4 Å². The molecule has 0 saturated carbocycles. The van der Waals surface area contributed by atoms with Crippen LogP contribution in [0.2, 0.25) is 5.02 Å². The van der Waals surface area contributed by atoms with Crippen LogP contribution in [0.25, 0.3) is 27.8 Å². The number of aromatic nitrogens is 2. The highest BCUT2D eigenvalue weighted by atomic mass is 35.5. The Morgan fingerprint density at radius 2 is 1.74 bits per heavy atom. The van der Waals surface area contributed by atoms with Gasteiger partial charge in [-0.2, -0.15) is 0 Å². The molecule has 7 nitrogen and oxygen atoms in total. The zero-order valence-corrected chi connectivity index (χ0v) is 27.1. The number of nitrogens with zero attached hydrogens (tertiary/aromatic N) is 3. The first-order valence-corrected chi connectivity index (χ1v) is 16.1. The van der Waals surface area contributed by atoms with Crippen molar-refractivity contribution in [1.29, 1.82) is 0 Å². The first kappa shape index (κ1) is 29.8. The number of carbonyl (C=O) groups is 1. The molecule has 46 heavy (non-hydrogen) atoms. The van der Waals surface area contributed by atoms with E-state index in [1.807, 2.05) is 78.9 Å². The number of para-hydroxylation sites is 1. The van der Waals surface area contributed by atoms with E-state index in [9.17, 15) is 9.59 Å². The number of thiazole rings is 1. The Balaban J connectivity index is 1.45. The molecule has 2 aromatic heterocycles. The van der Waals surface area contributed by atoms with E-state index in [0.29, 0.717) is 43.5 Å². The molecule has 6 aromatic rings. The van der Waals surface area contributed by atoms with Gasteiger partial charge in [0, 0.05) is 39.8 Å². The molecule has 3 heterocycles. The second-order valence-corrected chi connectivity index (χ2v) is 12.5. The van der Waals surface area contributed by atoms with Crippen molar-refractivity contribution in [3.63, 3.8) is 0 Å². The van der Waals surface area contributed by atoms with Crippen molar-refractivity contribution in [2.24, 2.45) is 4.99 Å². The SMILES string of the molecule is CCOC(=O)C1=C(C)N=c2s/c(=C/c3cn(Cc4ccc(Cl)cc4)c4ccccc34)c(=O)n2[C@@H]1c1c(OC)ccc2ccccc12. The van der Waals surface area contributed by atoms with Crippen LogP contribution in [-0.4, -0.2) is 28.8 Å². The molecular formula is C37H30ClN3O4S. The molecule has 0 aliphatic carbocycles. The Morgan fingerprint density at radius 3 is 2.50 bits per heavy atom. The minimum absolute atomic E-state index is 0.194. The molecule has 9 heteroatoms. The van der Waals surface area contributed by atoms with Crippen molar-refractivity contribution in [3.8, 4) is 5.75 Å². The van der Waals surface area contributed by atoms with E-state index in [2.05, 4.69) is 22.9 Å². The van der Waals surface area contributed by atoms with Crippen LogP contribution in [0, 0.1) is 0 Å². The molecule has 0 unspecified atom stereocenters. The maximum Gasteiger partial charge on any atom is 0.338 e. The molecule has 0 bridgehead atoms. The number of hydrogen-bond donors (Lipinski definition) is 0. The number of hydrogen-bond acceptors (Lipinski definition) is 6. The molecule has 0 spiro atoms. The summed E-state index contributed by atoms with van der Waals surface area (Å²) in [4.78, 5) is 33.3. The van der Waals surface area contributed by atoms with Crippen molar-refractivity contribution in [2.75, 3.05) is 13.7 Å². The highest BCUT2D eigenvalue weighted by molar-refractivity contribution is 7.07. The Labute approximate surface area is 273 Å². The van der Waals surface area contributed by atoms with E-state index >= 15 is 0 Å². The minimum Gasteiger partial charge on any atom is -0.496 e. The van der Waals surface area contributed by atoms with Gasteiger partial charge in [0.25, 0.3) is 5.56 Å². The molecule has 0 saturated heterocycles. The van der Waals surface area contributed by atoms with E-state index in [1.54, 1.807) is 25.5 Å². The average molecular weight is 648 g/mol. The molecule has 1 aliphatic rings. The summed E-state index contributed by atoms with van der Waals surface area (Å²) < 4.78 is 15.7. The number of allylic oxidation sites excluding steroid dienone is 1. The van der Waals surface area contributed by atoms with Crippen LogP contribution in [0.15, 0.2) is 112 Å². The van der Waals surface area contributed by atoms with Gasteiger partial charge in [-0.1, -0.05) is 83.6 Å². The van der Waals surface area contributed by atoms with Gasteiger partial charge in [0.05, 0.1) is 29.5 Å². The summed E-state index contributed by atoms with van der Waals surface area (Å²) in [6.45, 7) is 4.40. The molecule has 1 atom stereocenters. The summed E-state index contributed by atoms with van der Waals surface area (Å²) in [7, 11) is 1.59. The van der Waals surface area contributed by atoms with Crippen LogP contribution in [0.3, 0.4) is 0 Å². The fourth-order valence-corrected chi connectivity index (χ4v) is 7.41. The van der Waals surface area contributed by atoms with Gasteiger partial charge in [0.1, 0.15) is 11.8 Å². The normalized spacial score (nSPS) is 14.9. The monoisotopic (exact) mass is 647 g/mol. The molecule has 0 N–H and O–H groups in total. The summed E-state index contributed by atoms with van der Waals surface area (Å²) in [5.41, 5.74) is 4.37. The summed E-state index contributed by atoms with van der Waals surface area (Å²) in [6.07, 6.45) is 3.99. The quantitative estimate of drug-likeness (QED) is 0.183. The number of benzene rings is 4. The van der Waals surface area contributed by atoms with Gasteiger partial charge >= 0.3 is 5.97 Å². The summed E-state index contributed by atoms with van der Waals surface area (Å²) in [5, 5.41) is 3.56. The van der Waals surface area contributed by atoms with Gasteiger partial charge < -0.3 is 14.0 Å². The Morgan fingerprint density at radius 1 is 1.00 bits per heavy atom. The van der Waals surface area contributed by atoms with Crippen molar-refractivity contribution in [1.82, 2.24) is 9.13 Å². The van der Waals surface area contributed by atoms with Gasteiger partial charge in [-0.3, -0.25) is 9.36 Å². The van der Waals surface area contributed by atoms with Gasteiger partial charge in [0.2, 0.25) is 0 Å². The third kappa shape index (κ3) is 5.13. The molecule has 7 rings (SSSR count). The van der Waals surface area contributed by atoms with Crippen molar-refractivity contribution < 1.29 is 14.3 Å². The van der Waals surface area contributed by atoms with Gasteiger partial charge in [-0.05, 0) is 60.5 Å². The molecule has 0 radical (unpaired) electrons. The maximum atomic E-state index is 14.5. The van der Waals surface area contributed by atoms with Crippen LogP contribution < -0.4 is 19.6 Å². The predicted molar refractivity (Wildman–Crippen MR) is 183 cm³/mol. The summed E-state index contributed by atoms with van der Waals surface area (Å²) in [5.74, 6) is 0.0586. The van der Waals surface area contributed by atoms with E-state index < -0.39 is 12.0 Å². The third-order valence-corrected chi connectivity index (χ3v) is 9.55. The Hall–Kier alpha value is -4.92. The fraction of sp³-hybridized carbons (Fsp3) is 0.162. The lowest BCUT2D eigenvalue weighted by atomic mass is 9.90. The Kier molecular flexibility index (Phi) is 7.84. The number of halogens is 1. The van der Waals surface area contributed by atoms with Gasteiger partial charge in [-0.25, -0.2) is 9.79 Å². The summed E-state index contributed by atoms with van der Waals surface area (Å²) >= 11 is 7.43. The highest BCUT2D eigenvalue weighted by Crippen LogP contribution is 2.40. The van der Waals surface area contributed by atoms with Crippen molar-refractivity contribution >= 4 is 56.7 Å². The minimum atomic E-state index is -0.801. The number of ether oxygens (including phenoxy) is 2. The average Bonchev–Trinajstić information content (AvgIpc) is 3.56. The number of rotatable bonds is 7. The molecule has 0 fully saturated rings. The van der Waals surface area contributed by atoms with E-state index in [-0.39, 0.29) is 12.2 Å².